The molecule has 0 radical (unpaired) electrons. The molecule has 0 aliphatic carbocycles. The molecule has 0 aliphatic rings. The first kappa shape index (κ1) is 10.7. The van der Waals surface area contributed by atoms with Crippen molar-refractivity contribution >= 4 is 26.5 Å². The molecule has 3 rings (SSSR count). The summed E-state index contributed by atoms with van der Waals surface area (Å²) in [6.45, 7) is 2.32. The number of aliphatic hydroxyl groups excluding tert-OH is 1. The summed E-state index contributed by atoms with van der Waals surface area (Å²) < 4.78 is 3.33. The van der Waals surface area contributed by atoms with Crippen LogP contribution in [0.15, 0.2) is 30.6 Å². The number of hydrogen-bond acceptors (Lipinski definition) is 3. The number of imidazole rings is 1. The van der Waals surface area contributed by atoms with E-state index in [1.54, 1.807) is 11.3 Å². The van der Waals surface area contributed by atoms with Crippen molar-refractivity contribution in [1.82, 2.24) is 9.38 Å². The average molecular weight is 246 g/mol. The number of thiazole rings is 1. The van der Waals surface area contributed by atoms with E-state index in [2.05, 4.69) is 34.5 Å². The molecule has 1 unspecified atom stereocenters. The van der Waals surface area contributed by atoms with Crippen LogP contribution in [0.2, 0.25) is 0 Å². The van der Waals surface area contributed by atoms with E-state index in [0.717, 1.165) is 11.4 Å². The Morgan fingerprint density at radius 1 is 1.47 bits per heavy atom. The van der Waals surface area contributed by atoms with Gasteiger partial charge in [0, 0.05) is 24.9 Å². The lowest BCUT2D eigenvalue weighted by atomic mass is 9.97. The first-order valence-electron chi connectivity index (χ1n) is 5.80. The minimum atomic E-state index is 0.213. The monoisotopic (exact) mass is 246 g/mol. The molecular weight excluding hydrogens is 232 g/mol. The van der Waals surface area contributed by atoms with Gasteiger partial charge in [0.15, 0.2) is 4.96 Å². The molecule has 2 heterocycles. The van der Waals surface area contributed by atoms with Gasteiger partial charge in [-0.1, -0.05) is 24.3 Å². The Kier molecular flexibility index (Phi) is 2.61. The zero-order valence-electron chi connectivity index (χ0n) is 9.63. The molecule has 17 heavy (non-hydrogen) atoms. The van der Waals surface area contributed by atoms with Crippen LogP contribution in [0.4, 0.5) is 0 Å². The number of fused-ring (bicyclic) bond motifs is 3. The van der Waals surface area contributed by atoms with Gasteiger partial charge in [0.25, 0.3) is 0 Å². The Morgan fingerprint density at radius 3 is 3.12 bits per heavy atom. The Balaban J connectivity index is 2.18. The van der Waals surface area contributed by atoms with Crippen molar-refractivity contribution in [2.75, 3.05) is 6.61 Å². The van der Waals surface area contributed by atoms with Crippen LogP contribution >= 0.6 is 11.3 Å². The molecule has 1 aromatic carbocycles. The molecule has 0 saturated heterocycles. The van der Waals surface area contributed by atoms with Gasteiger partial charge in [0.2, 0.25) is 0 Å². The maximum absolute atomic E-state index is 9.34. The van der Waals surface area contributed by atoms with Crippen LogP contribution < -0.4 is 0 Å². The third-order valence-corrected chi connectivity index (χ3v) is 4.27. The highest BCUT2D eigenvalue weighted by Crippen LogP contribution is 2.29. The Bertz CT molecular complexity index is 652. The highest BCUT2D eigenvalue weighted by atomic mass is 32.1. The lowest BCUT2D eigenvalue weighted by Gasteiger charge is -2.11. The lowest BCUT2D eigenvalue weighted by Crippen LogP contribution is -2.01. The maximum atomic E-state index is 9.34. The summed E-state index contributed by atoms with van der Waals surface area (Å²) in [6, 6.07) is 6.41. The van der Waals surface area contributed by atoms with Gasteiger partial charge in [-0.15, -0.1) is 0 Å². The summed E-state index contributed by atoms with van der Waals surface area (Å²) in [5, 5.41) is 9.34. The van der Waals surface area contributed by atoms with Crippen molar-refractivity contribution in [1.29, 1.82) is 0 Å². The molecular formula is C13H14N2OS. The zero-order chi connectivity index (χ0) is 11.8. The van der Waals surface area contributed by atoms with E-state index in [-0.39, 0.29) is 12.5 Å². The smallest absolute Gasteiger partial charge is 0.194 e. The molecule has 4 heteroatoms. The second kappa shape index (κ2) is 4.13. The molecule has 3 nitrogen and oxygen atoms in total. The normalized spacial score (nSPS) is 13.5. The molecule has 0 amide bonds. The topological polar surface area (TPSA) is 37.5 Å². The summed E-state index contributed by atoms with van der Waals surface area (Å²) in [6.07, 6.45) is 4.77. The molecule has 0 saturated carbocycles. The fourth-order valence-electron chi connectivity index (χ4n) is 2.18. The van der Waals surface area contributed by atoms with Crippen molar-refractivity contribution in [2.45, 2.75) is 19.3 Å². The van der Waals surface area contributed by atoms with Gasteiger partial charge in [0.1, 0.15) is 0 Å². The van der Waals surface area contributed by atoms with Crippen molar-refractivity contribution in [3.05, 3.63) is 36.2 Å². The molecule has 88 valence electrons. The molecule has 0 aliphatic heterocycles. The maximum Gasteiger partial charge on any atom is 0.194 e. The summed E-state index contributed by atoms with van der Waals surface area (Å²) in [5.74, 6) is 0.244. The van der Waals surface area contributed by atoms with E-state index in [1.807, 2.05) is 12.4 Å². The fraction of sp³-hybridized carbons (Fsp3) is 0.308. The molecule has 1 N–H and O–H groups in total. The van der Waals surface area contributed by atoms with E-state index in [9.17, 15) is 5.11 Å². The molecule has 0 fully saturated rings. The van der Waals surface area contributed by atoms with Gasteiger partial charge < -0.3 is 5.11 Å². The number of nitrogens with zero attached hydrogens (tertiary/aromatic N) is 2. The minimum absolute atomic E-state index is 0.213. The molecule has 2 aromatic heterocycles. The van der Waals surface area contributed by atoms with E-state index >= 15 is 0 Å². The summed E-state index contributed by atoms with van der Waals surface area (Å²) in [4.78, 5) is 5.33. The van der Waals surface area contributed by atoms with E-state index in [0.29, 0.717) is 0 Å². The van der Waals surface area contributed by atoms with Crippen LogP contribution in [0.25, 0.3) is 15.2 Å². The number of hydrogen-bond donors (Lipinski definition) is 1. The summed E-state index contributed by atoms with van der Waals surface area (Å²) in [7, 11) is 0. The Hall–Kier alpha value is -1.39. The van der Waals surface area contributed by atoms with Crippen molar-refractivity contribution < 1.29 is 5.11 Å². The standard InChI is InChI=1S/C13H14N2OS/c1-2-9(8-16)10-3-4-11-12(7-10)17-13-14-5-6-15(11)13/h3-7,9,16H,2,8H2,1H3. The van der Waals surface area contributed by atoms with Crippen LogP contribution in [0.1, 0.15) is 24.8 Å². The van der Waals surface area contributed by atoms with E-state index in [1.165, 1.54) is 15.8 Å². The number of aliphatic hydroxyl groups is 1. The van der Waals surface area contributed by atoms with Gasteiger partial charge in [0.05, 0.1) is 10.2 Å². The van der Waals surface area contributed by atoms with E-state index < -0.39 is 0 Å². The highest BCUT2D eigenvalue weighted by Gasteiger charge is 2.11. The van der Waals surface area contributed by atoms with Gasteiger partial charge in [-0.3, -0.25) is 4.40 Å². The van der Waals surface area contributed by atoms with Crippen LogP contribution in [-0.2, 0) is 0 Å². The predicted octanol–water partition coefficient (Wildman–Crippen LogP) is 3.03. The van der Waals surface area contributed by atoms with Crippen LogP contribution in [-0.4, -0.2) is 21.1 Å². The second-order valence-electron chi connectivity index (χ2n) is 4.20. The molecule has 3 aromatic rings. The highest BCUT2D eigenvalue weighted by molar-refractivity contribution is 7.23. The lowest BCUT2D eigenvalue weighted by molar-refractivity contribution is 0.262. The average Bonchev–Trinajstić information content (AvgIpc) is 2.90. The first-order valence-corrected chi connectivity index (χ1v) is 6.61. The SMILES string of the molecule is CCC(CO)c1ccc2c(c1)sc1nccn12. The first-order chi connectivity index (χ1) is 8.33. The summed E-state index contributed by atoms with van der Waals surface area (Å²) >= 11 is 1.69. The largest absolute Gasteiger partial charge is 0.396 e. The number of aromatic nitrogens is 2. The van der Waals surface area contributed by atoms with Crippen molar-refractivity contribution in [3.8, 4) is 0 Å². The second-order valence-corrected chi connectivity index (χ2v) is 5.21. The Labute approximate surface area is 103 Å². The minimum Gasteiger partial charge on any atom is -0.396 e. The van der Waals surface area contributed by atoms with Crippen LogP contribution in [0.5, 0.6) is 0 Å². The molecule has 0 bridgehead atoms. The summed E-state index contributed by atoms with van der Waals surface area (Å²) in [5.41, 5.74) is 2.41. The van der Waals surface area contributed by atoms with Gasteiger partial charge in [-0.05, 0) is 24.1 Å². The van der Waals surface area contributed by atoms with Gasteiger partial charge in [-0.2, -0.15) is 0 Å². The number of rotatable bonds is 3. The van der Waals surface area contributed by atoms with Crippen molar-refractivity contribution in [3.63, 3.8) is 0 Å². The molecule has 0 spiro atoms. The van der Waals surface area contributed by atoms with E-state index in [4.69, 9.17) is 0 Å². The molecule has 1 atom stereocenters. The number of benzene rings is 1. The van der Waals surface area contributed by atoms with Crippen LogP contribution in [0.3, 0.4) is 0 Å². The van der Waals surface area contributed by atoms with Gasteiger partial charge >= 0.3 is 0 Å². The predicted molar refractivity (Wildman–Crippen MR) is 70.7 cm³/mol. The van der Waals surface area contributed by atoms with Crippen LogP contribution in [0, 0.1) is 0 Å². The Morgan fingerprint density at radius 2 is 2.35 bits per heavy atom. The third kappa shape index (κ3) is 1.64. The zero-order valence-corrected chi connectivity index (χ0v) is 10.4. The quantitative estimate of drug-likeness (QED) is 0.771. The van der Waals surface area contributed by atoms with Crippen molar-refractivity contribution in [2.24, 2.45) is 0 Å². The third-order valence-electron chi connectivity index (χ3n) is 3.24. The fourth-order valence-corrected chi connectivity index (χ4v) is 3.22. The van der Waals surface area contributed by atoms with Gasteiger partial charge in [-0.25, -0.2) is 4.98 Å².